The predicted octanol–water partition coefficient (Wildman–Crippen LogP) is 6.02. The minimum Gasteiger partial charge on any atom is -0.487 e. The zero-order valence-corrected chi connectivity index (χ0v) is 18.7. The summed E-state index contributed by atoms with van der Waals surface area (Å²) in [7, 11) is 0. The van der Waals surface area contributed by atoms with Crippen LogP contribution in [0.2, 0.25) is 5.02 Å². The first-order chi connectivity index (χ1) is 16.2. The van der Waals surface area contributed by atoms with E-state index in [2.05, 4.69) is 27.1 Å². The first kappa shape index (κ1) is 22.2. The van der Waals surface area contributed by atoms with Crippen LogP contribution in [0, 0.1) is 0 Å². The fraction of sp³-hybridized carbons (Fsp3) is 0.0741. The number of ether oxygens (including phenoxy) is 1. The van der Waals surface area contributed by atoms with Gasteiger partial charge in [0.15, 0.2) is 0 Å². The minimum absolute atomic E-state index is 0.402. The highest BCUT2D eigenvalue weighted by atomic mass is 35.5. The Morgan fingerprint density at radius 2 is 1.73 bits per heavy atom. The van der Waals surface area contributed by atoms with Gasteiger partial charge in [-0.1, -0.05) is 60.1 Å². The van der Waals surface area contributed by atoms with E-state index < -0.39 is 0 Å². The maximum atomic E-state index is 6.01. The number of aliphatic imine (C=N–C) groups is 2. The minimum atomic E-state index is 0.402. The van der Waals surface area contributed by atoms with Gasteiger partial charge in [-0.3, -0.25) is 4.99 Å². The van der Waals surface area contributed by atoms with Gasteiger partial charge in [-0.05, 0) is 59.2 Å². The zero-order valence-electron chi connectivity index (χ0n) is 17.9. The van der Waals surface area contributed by atoms with Crippen molar-refractivity contribution in [1.82, 2.24) is 4.98 Å². The highest BCUT2D eigenvalue weighted by Crippen LogP contribution is 2.23. The molecule has 0 radical (unpaired) electrons. The van der Waals surface area contributed by atoms with E-state index in [1.54, 1.807) is 0 Å². The van der Waals surface area contributed by atoms with Crippen LogP contribution in [0.15, 0.2) is 94.9 Å². The van der Waals surface area contributed by atoms with Gasteiger partial charge in [-0.15, -0.1) is 0 Å². The van der Waals surface area contributed by atoms with Crippen LogP contribution < -0.4 is 10.5 Å². The Kier molecular flexibility index (Phi) is 7.46. The van der Waals surface area contributed by atoms with Crippen LogP contribution in [-0.4, -0.2) is 24.2 Å². The fourth-order valence-electron chi connectivity index (χ4n) is 3.32. The zero-order chi connectivity index (χ0) is 22.9. The van der Waals surface area contributed by atoms with E-state index in [-0.39, 0.29) is 0 Å². The van der Waals surface area contributed by atoms with Crippen LogP contribution in [0.4, 0.5) is 0 Å². The molecular weight excluding hydrogens is 432 g/mol. The number of nitrogens with two attached hydrogens (primary N) is 1. The molecule has 0 saturated carbocycles. The number of pyridine rings is 1. The van der Waals surface area contributed by atoms with Crippen molar-refractivity contribution in [2.24, 2.45) is 15.7 Å². The van der Waals surface area contributed by atoms with E-state index in [1.807, 2.05) is 78.9 Å². The van der Waals surface area contributed by atoms with Gasteiger partial charge >= 0.3 is 0 Å². The van der Waals surface area contributed by atoms with Gasteiger partial charge in [0.25, 0.3) is 0 Å². The highest BCUT2D eigenvalue weighted by Gasteiger charge is 2.04. The molecule has 0 fully saturated rings. The molecule has 2 N–H and O–H groups in total. The van der Waals surface area contributed by atoms with Gasteiger partial charge in [0.05, 0.1) is 24.1 Å². The van der Waals surface area contributed by atoms with Gasteiger partial charge < -0.3 is 10.5 Å². The molecule has 0 bridgehead atoms. The molecule has 0 saturated heterocycles. The molecule has 0 aliphatic carbocycles. The summed E-state index contributed by atoms with van der Waals surface area (Å²) >= 11 is 6.01. The van der Waals surface area contributed by atoms with Gasteiger partial charge in [-0.2, -0.15) is 0 Å². The average molecular weight is 455 g/mol. The maximum Gasteiger partial charge on any atom is 0.130 e. The summed E-state index contributed by atoms with van der Waals surface area (Å²) in [6.07, 6.45) is 4.74. The first-order valence-electron chi connectivity index (χ1n) is 10.5. The number of benzene rings is 3. The number of hydrogen-bond acceptors (Lipinski definition) is 3. The first-order valence-corrected chi connectivity index (χ1v) is 10.8. The van der Waals surface area contributed by atoms with Crippen molar-refractivity contribution in [3.8, 4) is 5.75 Å². The van der Waals surface area contributed by atoms with Crippen molar-refractivity contribution in [3.63, 3.8) is 0 Å². The monoisotopic (exact) mass is 454 g/mol. The lowest BCUT2D eigenvalue weighted by Gasteiger charge is -2.09. The van der Waals surface area contributed by atoms with Crippen LogP contribution in [0.1, 0.15) is 16.8 Å². The summed E-state index contributed by atoms with van der Waals surface area (Å²) < 4.78 is 5.96. The summed E-state index contributed by atoms with van der Waals surface area (Å²) in [5.74, 6) is 0.774. The second kappa shape index (κ2) is 11.1. The number of aromatic nitrogens is 1. The lowest BCUT2D eigenvalue weighted by Crippen LogP contribution is -1.98. The van der Waals surface area contributed by atoms with Crippen molar-refractivity contribution in [2.75, 3.05) is 6.54 Å². The third-order valence-electron chi connectivity index (χ3n) is 4.97. The molecule has 0 spiro atoms. The molecule has 3 aromatic carbocycles. The van der Waals surface area contributed by atoms with Gasteiger partial charge in [0, 0.05) is 10.4 Å². The molecule has 1 heterocycles. The van der Waals surface area contributed by atoms with Crippen LogP contribution in [0.5, 0.6) is 5.75 Å². The molecular formula is C27H23ClN4O. The van der Waals surface area contributed by atoms with Gasteiger partial charge in [0.2, 0.25) is 0 Å². The Bertz CT molecular complexity index is 1300. The molecule has 1 aromatic heterocycles. The summed E-state index contributed by atoms with van der Waals surface area (Å²) in [6.45, 7) is 0.861. The van der Waals surface area contributed by atoms with E-state index >= 15 is 0 Å². The Labute approximate surface area is 197 Å². The molecule has 0 aliphatic rings. The maximum absolute atomic E-state index is 6.01. The van der Waals surface area contributed by atoms with Crippen molar-refractivity contribution in [2.45, 2.75) is 6.61 Å². The Morgan fingerprint density at radius 3 is 2.52 bits per heavy atom. The number of rotatable bonds is 8. The molecule has 0 amide bonds. The van der Waals surface area contributed by atoms with Crippen LogP contribution in [0.25, 0.3) is 22.6 Å². The van der Waals surface area contributed by atoms with Gasteiger partial charge in [0.1, 0.15) is 18.7 Å². The Morgan fingerprint density at radius 1 is 0.939 bits per heavy atom. The van der Waals surface area contributed by atoms with E-state index in [0.29, 0.717) is 18.2 Å². The molecule has 6 heteroatoms. The Hall–Kier alpha value is -3.96. The second-order valence-corrected chi connectivity index (χ2v) is 7.72. The molecule has 5 nitrogen and oxygen atoms in total. The molecule has 4 rings (SSSR count). The SMILES string of the molecule is NC=NC=NCC(=Cc1ccc(Cl)cc1)c1ccc(OCc2ccc3ccccc3n2)cc1. The quantitative estimate of drug-likeness (QED) is 0.201. The average Bonchev–Trinajstić information content (AvgIpc) is 2.86. The van der Waals surface area contributed by atoms with Gasteiger partial charge in [-0.25, -0.2) is 9.98 Å². The van der Waals surface area contributed by atoms with Crippen LogP contribution in [0.3, 0.4) is 0 Å². The normalized spacial score (nSPS) is 12.1. The molecule has 33 heavy (non-hydrogen) atoms. The molecule has 4 aromatic rings. The molecule has 164 valence electrons. The van der Waals surface area contributed by atoms with E-state index in [9.17, 15) is 0 Å². The third kappa shape index (κ3) is 6.28. The topological polar surface area (TPSA) is 72.9 Å². The standard InChI is InChI=1S/C27H23ClN4O/c28-24-10-5-20(6-11-24)15-23(16-30-19-31-18-29)21-8-13-26(14-9-21)33-17-25-12-7-22-3-1-2-4-27(22)32-25/h1-15,18-19H,16-17H2,(H2,29,30,31). The lowest BCUT2D eigenvalue weighted by molar-refractivity contribution is 0.302. The highest BCUT2D eigenvalue weighted by molar-refractivity contribution is 6.30. The molecule has 0 unspecified atom stereocenters. The smallest absolute Gasteiger partial charge is 0.130 e. The van der Waals surface area contributed by atoms with Crippen molar-refractivity contribution in [1.29, 1.82) is 0 Å². The third-order valence-corrected chi connectivity index (χ3v) is 5.23. The number of para-hydroxylation sites is 1. The summed E-state index contributed by atoms with van der Waals surface area (Å²) in [6, 6.07) is 27.7. The number of hydrogen-bond donors (Lipinski definition) is 1. The van der Waals surface area contributed by atoms with Crippen LogP contribution in [-0.2, 0) is 6.61 Å². The van der Waals surface area contributed by atoms with Crippen molar-refractivity contribution < 1.29 is 4.74 Å². The van der Waals surface area contributed by atoms with E-state index in [0.717, 1.165) is 39.0 Å². The predicted molar refractivity (Wildman–Crippen MR) is 138 cm³/mol. The summed E-state index contributed by atoms with van der Waals surface area (Å²) in [5.41, 5.74) is 10.2. The molecule has 0 aliphatic heterocycles. The van der Waals surface area contributed by atoms with Crippen LogP contribution >= 0.6 is 11.6 Å². The molecule has 0 atom stereocenters. The van der Waals surface area contributed by atoms with Crippen molar-refractivity contribution in [3.05, 3.63) is 107 Å². The second-order valence-electron chi connectivity index (χ2n) is 7.28. The summed E-state index contributed by atoms with van der Waals surface area (Å²) in [4.78, 5) is 12.8. The lowest BCUT2D eigenvalue weighted by atomic mass is 10.0. The van der Waals surface area contributed by atoms with Crippen molar-refractivity contribution >= 4 is 46.8 Å². The number of halogens is 1. The number of fused-ring (bicyclic) bond motifs is 1. The summed E-state index contributed by atoms with van der Waals surface area (Å²) in [5, 5.41) is 1.82. The fourth-order valence-corrected chi connectivity index (χ4v) is 3.44. The number of nitrogens with zero attached hydrogens (tertiary/aromatic N) is 3. The van der Waals surface area contributed by atoms with E-state index in [4.69, 9.17) is 22.1 Å². The largest absolute Gasteiger partial charge is 0.487 e. The Balaban J connectivity index is 1.49. The van der Waals surface area contributed by atoms with E-state index in [1.165, 1.54) is 12.7 Å².